The number of piperazine rings is 1. The second-order valence-corrected chi connectivity index (χ2v) is 8.48. The number of hydrogen-bond donors (Lipinski definition) is 1. The fraction of sp³-hybridized carbons (Fsp3) is 0.240. The topological polar surface area (TPSA) is 92.5 Å². The standard InChI is InChI=1S/C18H11FN4O.C7H14N2O/c19-14-5-3-12(4-6-14)17-8-16(13-2-1-7-20-9-13)18-21-15(11-24)10-23(18)22-17;1-7(2)6(10)8-4-5-9(7)3/h1-11H;4-5H2,1-3H3,(H,8,10). The van der Waals surface area contributed by atoms with E-state index in [1.807, 2.05) is 39.1 Å². The molecule has 1 saturated heterocycles. The van der Waals surface area contributed by atoms with Crippen molar-refractivity contribution in [2.45, 2.75) is 19.4 Å². The second kappa shape index (κ2) is 9.48. The number of imidazole rings is 1. The molecule has 8 nitrogen and oxygen atoms in total. The van der Waals surface area contributed by atoms with Crippen molar-refractivity contribution in [1.29, 1.82) is 0 Å². The van der Waals surface area contributed by atoms with Gasteiger partial charge >= 0.3 is 0 Å². The quantitative estimate of drug-likeness (QED) is 0.472. The first-order valence-electron chi connectivity index (χ1n) is 10.8. The van der Waals surface area contributed by atoms with Crippen molar-refractivity contribution >= 4 is 17.8 Å². The number of amides is 1. The largest absolute Gasteiger partial charge is 0.353 e. The molecule has 1 aliphatic heterocycles. The van der Waals surface area contributed by atoms with E-state index in [9.17, 15) is 14.0 Å². The van der Waals surface area contributed by atoms with E-state index in [0.29, 0.717) is 23.3 Å². The number of hydrogen-bond acceptors (Lipinski definition) is 6. The van der Waals surface area contributed by atoms with Crippen molar-refractivity contribution in [3.8, 4) is 22.4 Å². The van der Waals surface area contributed by atoms with Gasteiger partial charge in [-0.05, 0) is 57.3 Å². The monoisotopic (exact) mass is 460 g/mol. The van der Waals surface area contributed by atoms with Gasteiger partial charge in [-0.25, -0.2) is 13.9 Å². The summed E-state index contributed by atoms with van der Waals surface area (Å²) >= 11 is 0. The third-order valence-electron chi connectivity index (χ3n) is 5.92. The SMILES string of the molecule is CN1CCNC(=O)C1(C)C.O=Cc1cn2nc(-c3ccc(F)cc3)cc(-c3cccnc3)c2n1. The molecule has 4 heterocycles. The highest BCUT2D eigenvalue weighted by molar-refractivity contribution is 5.86. The molecule has 0 spiro atoms. The van der Waals surface area contributed by atoms with Crippen LogP contribution in [0.1, 0.15) is 24.3 Å². The number of rotatable bonds is 3. The van der Waals surface area contributed by atoms with Gasteiger partial charge in [-0.1, -0.05) is 6.07 Å². The molecule has 1 aromatic carbocycles. The van der Waals surface area contributed by atoms with E-state index in [4.69, 9.17) is 0 Å². The average molecular weight is 461 g/mol. The first kappa shape index (κ1) is 23.2. The number of halogens is 1. The summed E-state index contributed by atoms with van der Waals surface area (Å²) in [5, 5.41) is 7.30. The predicted octanol–water partition coefficient (Wildman–Crippen LogP) is 3.24. The molecule has 1 aliphatic rings. The zero-order chi connectivity index (χ0) is 24.3. The van der Waals surface area contributed by atoms with Gasteiger partial charge < -0.3 is 5.32 Å². The van der Waals surface area contributed by atoms with Gasteiger partial charge in [0.1, 0.15) is 11.5 Å². The van der Waals surface area contributed by atoms with Crippen molar-refractivity contribution in [2.75, 3.05) is 20.1 Å². The summed E-state index contributed by atoms with van der Waals surface area (Å²) < 4.78 is 14.7. The zero-order valence-corrected chi connectivity index (χ0v) is 19.2. The Morgan fingerprint density at radius 1 is 1.15 bits per heavy atom. The highest BCUT2D eigenvalue weighted by atomic mass is 19.1. The number of likely N-dealkylation sites (N-methyl/N-ethyl adjacent to an activating group) is 1. The smallest absolute Gasteiger partial charge is 0.239 e. The summed E-state index contributed by atoms with van der Waals surface area (Å²) in [7, 11) is 1.97. The van der Waals surface area contributed by atoms with Crippen LogP contribution in [0.15, 0.2) is 61.1 Å². The fourth-order valence-corrected chi connectivity index (χ4v) is 3.55. The van der Waals surface area contributed by atoms with Crippen LogP contribution in [0.5, 0.6) is 0 Å². The molecule has 0 unspecified atom stereocenters. The van der Waals surface area contributed by atoms with E-state index in [2.05, 4.69) is 25.3 Å². The first-order valence-corrected chi connectivity index (χ1v) is 10.8. The van der Waals surface area contributed by atoms with Gasteiger partial charge in [0.2, 0.25) is 5.91 Å². The minimum atomic E-state index is -0.321. The van der Waals surface area contributed by atoms with E-state index in [0.717, 1.165) is 29.8 Å². The molecule has 1 fully saturated rings. The molecule has 0 bridgehead atoms. The van der Waals surface area contributed by atoms with Crippen molar-refractivity contribution in [2.24, 2.45) is 0 Å². The molecule has 1 amide bonds. The summed E-state index contributed by atoms with van der Waals surface area (Å²) in [6, 6.07) is 11.7. The van der Waals surface area contributed by atoms with E-state index < -0.39 is 0 Å². The molecule has 5 rings (SSSR count). The van der Waals surface area contributed by atoms with Crippen LogP contribution in [0.3, 0.4) is 0 Å². The highest BCUT2D eigenvalue weighted by Crippen LogP contribution is 2.28. The second-order valence-electron chi connectivity index (χ2n) is 8.48. The Morgan fingerprint density at radius 2 is 1.91 bits per heavy atom. The van der Waals surface area contributed by atoms with Crippen molar-refractivity contribution in [3.05, 3.63) is 72.6 Å². The van der Waals surface area contributed by atoms with Crippen LogP contribution in [0.4, 0.5) is 4.39 Å². The average Bonchev–Trinajstić information content (AvgIpc) is 3.27. The van der Waals surface area contributed by atoms with Gasteiger partial charge in [0.15, 0.2) is 11.9 Å². The number of carbonyl (C=O) groups excluding carboxylic acids is 2. The number of benzene rings is 1. The van der Waals surface area contributed by atoms with Gasteiger partial charge in [-0.2, -0.15) is 5.10 Å². The number of aldehydes is 1. The molecular formula is C25H25FN6O2. The lowest BCUT2D eigenvalue weighted by Gasteiger charge is -2.38. The number of fused-ring (bicyclic) bond motifs is 1. The van der Waals surface area contributed by atoms with Crippen LogP contribution in [-0.4, -0.2) is 62.4 Å². The lowest BCUT2D eigenvalue weighted by molar-refractivity contribution is -0.133. The molecule has 174 valence electrons. The van der Waals surface area contributed by atoms with E-state index in [1.54, 1.807) is 35.2 Å². The highest BCUT2D eigenvalue weighted by Gasteiger charge is 2.34. The molecule has 9 heteroatoms. The maximum atomic E-state index is 13.2. The minimum absolute atomic E-state index is 0.126. The number of nitrogens with zero attached hydrogens (tertiary/aromatic N) is 5. The molecule has 1 N–H and O–H groups in total. The minimum Gasteiger partial charge on any atom is -0.353 e. The van der Waals surface area contributed by atoms with Gasteiger partial charge in [-0.3, -0.25) is 19.5 Å². The number of pyridine rings is 1. The number of carbonyl (C=O) groups is 2. The van der Waals surface area contributed by atoms with Gasteiger partial charge in [0.05, 0.1) is 17.4 Å². The van der Waals surface area contributed by atoms with Crippen LogP contribution in [0, 0.1) is 5.82 Å². The summed E-state index contributed by atoms with van der Waals surface area (Å²) in [6.07, 6.45) is 5.65. The molecule has 0 saturated carbocycles. The van der Waals surface area contributed by atoms with Crippen molar-refractivity contribution < 1.29 is 14.0 Å². The normalized spacial score (nSPS) is 15.4. The Labute approximate surface area is 196 Å². The predicted molar refractivity (Wildman–Crippen MR) is 127 cm³/mol. The Hall–Kier alpha value is -3.98. The maximum absolute atomic E-state index is 13.2. The summed E-state index contributed by atoms with van der Waals surface area (Å²) in [4.78, 5) is 32.7. The van der Waals surface area contributed by atoms with E-state index in [1.165, 1.54) is 12.1 Å². The maximum Gasteiger partial charge on any atom is 0.239 e. The molecule has 4 aromatic rings. The fourth-order valence-electron chi connectivity index (χ4n) is 3.55. The summed E-state index contributed by atoms with van der Waals surface area (Å²) in [6.45, 7) is 5.58. The molecule has 0 aliphatic carbocycles. The Kier molecular flexibility index (Phi) is 6.47. The number of nitrogens with one attached hydrogen (secondary N) is 1. The van der Waals surface area contributed by atoms with Crippen molar-refractivity contribution in [1.82, 2.24) is 29.8 Å². The van der Waals surface area contributed by atoms with Crippen molar-refractivity contribution in [3.63, 3.8) is 0 Å². The van der Waals surface area contributed by atoms with Crippen LogP contribution in [0.2, 0.25) is 0 Å². The molecule has 34 heavy (non-hydrogen) atoms. The third-order valence-corrected chi connectivity index (χ3v) is 5.92. The van der Waals surface area contributed by atoms with Crippen LogP contribution < -0.4 is 5.32 Å². The van der Waals surface area contributed by atoms with Gasteiger partial charge in [0, 0.05) is 42.2 Å². The lowest BCUT2D eigenvalue weighted by atomic mass is 10.0. The van der Waals surface area contributed by atoms with E-state index in [-0.39, 0.29) is 17.3 Å². The third kappa shape index (κ3) is 4.69. The summed E-state index contributed by atoms with van der Waals surface area (Å²) in [5.41, 5.74) is 3.61. The van der Waals surface area contributed by atoms with Crippen LogP contribution >= 0.6 is 0 Å². The lowest BCUT2D eigenvalue weighted by Crippen LogP contribution is -2.60. The first-order chi connectivity index (χ1) is 16.3. The molecular weight excluding hydrogens is 435 g/mol. The Bertz CT molecular complexity index is 1320. The van der Waals surface area contributed by atoms with Crippen LogP contribution in [-0.2, 0) is 4.79 Å². The Morgan fingerprint density at radius 3 is 2.53 bits per heavy atom. The van der Waals surface area contributed by atoms with Gasteiger partial charge in [-0.15, -0.1) is 0 Å². The molecule has 0 radical (unpaired) electrons. The van der Waals surface area contributed by atoms with E-state index >= 15 is 0 Å². The van der Waals surface area contributed by atoms with Gasteiger partial charge in [0.25, 0.3) is 0 Å². The molecule has 0 atom stereocenters. The summed E-state index contributed by atoms with van der Waals surface area (Å²) in [5.74, 6) is -0.181. The zero-order valence-electron chi connectivity index (χ0n) is 19.2. The molecule has 3 aromatic heterocycles. The Balaban J connectivity index is 0.000000231. The van der Waals surface area contributed by atoms with Crippen LogP contribution in [0.25, 0.3) is 28.0 Å². The number of aromatic nitrogens is 4.